The minimum absolute atomic E-state index is 0.0151. The van der Waals surface area contributed by atoms with Crippen LogP contribution in [0.15, 0.2) is 27.6 Å². The lowest BCUT2D eigenvalue weighted by Gasteiger charge is -2.20. The van der Waals surface area contributed by atoms with E-state index in [-0.39, 0.29) is 12.1 Å². The van der Waals surface area contributed by atoms with Crippen LogP contribution in [-0.2, 0) is 0 Å². The molecule has 1 amide bonds. The Kier molecular flexibility index (Phi) is 4.77. The minimum Gasteiger partial charge on any atom is -0.430 e. The van der Waals surface area contributed by atoms with E-state index in [2.05, 4.69) is 4.42 Å². The van der Waals surface area contributed by atoms with Crippen molar-refractivity contribution in [3.8, 4) is 0 Å². The lowest BCUT2D eigenvalue weighted by atomic mass is 10.2. The minimum atomic E-state index is -2.69. The van der Waals surface area contributed by atoms with Crippen molar-refractivity contribution in [2.75, 3.05) is 19.7 Å². The highest BCUT2D eigenvalue weighted by Gasteiger charge is 2.19. The lowest BCUT2D eigenvalue weighted by molar-refractivity contribution is 0.0507. The van der Waals surface area contributed by atoms with E-state index in [1.165, 1.54) is 6.07 Å². The Morgan fingerprint density at radius 1 is 1.47 bits per heavy atom. The highest BCUT2D eigenvalue weighted by atomic mass is 19.3. The van der Waals surface area contributed by atoms with Crippen LogP contribution >= 0.6 is 0 Å². The Hall–Kier alpha value is -1.76. The molecule has 94 valence electrons. The third-order valence-corrected chi connectivity index (χ3v) is 1.96. The molecule has 1 aromatic heterocycles. The molecule has 0 unspecified atom stereocenters. The van der Waals surface area contributed by atoms with Gasteiger partial charge in [-0.15, -0.1) is 0 Å². The van der Waals surface area contributed by atoms with E-state index in [4.69, 9.17) is 5.11 Å². The number of hydrogen-bond donors (Lipinski definition) is 1. The van der Waals surface area contributed by atoms with Crippen molar-refractivity contribution in [1.82, 2.24) is 4.90 Å². The summed E-state index contributed by atoms with van der Waals surface area (Å²) in [6.07, 6.45) is -1.79. The van der Waals surface area contributed by atoms with E-state index in [0.717, 1.165) is 17.2 Å². The second-order valence-electron chi connectivity index (χ2n) is 3.21. The molecule has 0 aliphatic rings. The van der Waals surface area contributed by atoms with E-state index < -0.39 is 31.1 Å². The molecule has 1 heterocycles. The Labute approximate surface area is 95.3 Å². The number of halogens is 2. The van der Waals surface area contributed by atoms with E-state index in [0.29, 0.717) is 0 Å². The maximum Gasteiger partial charge on any atom is 0.335 e. The average Bonchev–Trinajstić information content (AvgIpc) is 2.28. The second-order valence-corrected chi connectivity index (χ2v) is 3.21. The van der Waals surface area contributed by atoms with Crippen LogP contribution in [0.4, 0.5) is 8.78 Å². The molecule has 17 heavy (non-hydrogen) atoms. The van der Waals surface area contributed by atoms with Gasteiger partial charge in [-0.1, -0.05) is 0 Å². The molecule has 7 heteroatoms. The maximum atomic E-state index is 12.2. The Morgan fingerprint density at radius 3 is 2.65 bits per heavy atom. The van der Waals surface area contributed by atoms with Gasteiger partial charge in [0.15, 0.2) is 0 Å². The number of amides is 1. The van der Waals surface area contributed by atoms with Gasteiger partial charge < -0.3 is 14.4 Å². The predicted molar refractivity (Wildman–Crippen MR) is 54.0 cm³/mol. The molecule has 1 rings (SSSR count). The Bertz CT molecular complexity index is 412. The Balaban J connectivity index is 2.83. The fraction of sp³-hybridized carbons (Fsp3) is 0.400. The maximum absolute atomic E-state index is 12.2. The van der Waals surface area contributed by atoms with Gasteiger partial charge in [0.1, 0.15) is 6.26 Å². The molecule has 0 saturated carbocycles. The van der Waals surface area contributed by atoms with Crippen LogP contribution in [0.3, 0.4) is 0 Å². The fourth-order valence-electron chi connectivity index (χ4n) is 1.23. The standard InChI is InChI=1S/C10H11F2NO4/c11-8(12)5-13(3-4-14)10(16)7-1-2-9(15)17-6-7/h1-2,6,8,14H,3-5H2. The van der Waals surface area contributed by atoms with Crippen LogP contribution in [-0.4, -0.2) is 42.0 Å². The van der Waals surface area contributed by atoms with E-state index in [1.807, 2.05) is 0 Å². The molecular formula is C10H11F2NO4. The molecule has 0 bridgehead atoms. The van der Waals surface area contributed by atoms with Crippen LogP contribution in [0.25, 0.3) is 0 Å². The van der Waals surface area contributed by atoms with Gasteiger partial charge in [0, 0.05) is 12.6 Å². The van der Waals surface area contributed by atoms with Crippen molar-refractivity contribution < 1.29 is 23.1 Å². The number of aliphatic hydroxyl groups excluding tert-OH is 1. The van der Waals surface area contributed by atoms with E-state index in [1.54, 1.807) is 0 Å². The van der Waals surface area contributed by atoms with Crippen molar-refractivity contribution in [1.29, 1.82) is 0 Å². The second kappa shape index (κ2) is 6.09. The van der Waals surface area contributed by atoms with Crippen LogP contribution in [0.2, 0.25) is 0 Å². The number of rotatable bonds is 5. The normalized spacial score (nSPS) is 10.6. The summed E-state index contributed by atoms with van der Waals surface area (Å²) in [5, 5.41) is 8.68. The molecule has 5 nitrogen and oxygen atoms in total. The van der Waals surface area contributed by atoms with Crippen molar-refractivity contribution in [3.63, 3.8) is 0 Å². The number of hydrogen-bond acceptors (Lipinski definition) is 4. The molecule has 0 aliphatic heterocycles. The van der Waals surface area contributed by atoms with Crippen LogP contribution in [0, 0.1) is 0 Å². The molecule has 0 fully saturated rings. The predicted octanol–water partition coefficient (Wildman–Crippen LogP) is 0.339. The van der Waals surface area contributed by atoms with Crippen LogP contribution in [0.1, 0.15) is 10.4 Å². The van der Waals surface area contributed by atoms with Gasteiger partial charge in [0.25, 0.3) is 12.3 Å². The summed E-state index contributed by atoms with van der Waals surface area (Å²) < 4.78 is 28.9. The number of carbonyl (C=O) groups excluding carboxylic acids is 1. The number of nitrogens with zero attached hydrogens (tertiary/aromatic N) is 1. The zero-order chi connectivity index (χ0) is 12.8. The molecule has 0 spiro atoms. The highest BCUT2D eigenvalue weighted by molar-refractivity contribution is 5.93. The largest absolute Gasteiger partial charge is 0.430 e. The molecule has 1 N–H and O–H groups in total. The first kappa shape index (κ1) is 13.3. The zero-order valence-corrected chi connectivity index (χ0v) is 8.81. The first-order valence-corrected chi connectivity index (χ1v) is 4.81. The topological polar surface area (TPSA) is 70.8 Å². The monoisotopic (exact) mass is 247 g/mol. The molecule has 0 aliphatic carbocycles. The first-order chi connectivity index (χ1) is 8.04. The summed E-state index contributed by atoms with van der Waals surface area (Å²) in [6.45, 7) is -1.41. The molecule has 0 aromatic carbocycles. The summed E-state index contributed by atoms with van der Waals surface area (Å²) in [5.74, 6) is -0.719. The molecular weight excluding hydrogens is 236 g/mol. The number of aliphatic hydroxyl groups is 1. The third kappa shape index (κ3) is 3.95. The van der Waals surface area contributed by atoms with Crippen molar-refractivity contribution in [2.45, 2.75) is 6.43 Å². The SMILES string of the molecule is O=C(c1ccc(=O)oc1)N(CCO)CC(F)F. The zero-order valence-electron chi connectivity index (χ0n) is 8.81. The molecule has 0 radical (unpaired) electrons. The fourth-order valence-corrected chi connectivity index (χ4v) is 1.23. The van der Waals surface area contributed by atoms with Gasteiger partial charge in [-0.25, -0.2) is 13.6 Å². The van der Waals surface area contributed by atoms with Gasteiger partial charge in [0.05, 0.1) is 18.7 Å². The van der Waals surface area contributed by atoms with Gasteiger partial charge in [-0.2, -0.15) is 0 Å². The van der Waals surface area contributed by atoms with Crippen molar-refractivity contribution >= 4 is 5.91 Å². The highest BCUT2D eigenvalue weighted by Crippen LogP contribution is 2.05. The summed E-state index contributed by atoms with van der Waals surface area (Å²) in [5.41, 5.74) is -0.650. The summed E-state index contributed by atoms with van der Waals surface area (Å²) >= 11 is 0. The Morgan fingerprint density at radius 2 is 2.18 bits per heavy atom. The van der Waals surface area contributed by atoms with Gasteiger partial charge in [-0.3, -0.25) is 4.79 Å². The summed E-state index contributed by atoms with van der Waals surface area (Å²) in [7, 11) is 0. The summed E-state index contributed by atoms with van der Waals surface area (Å²) in [4.78, 5) is 23.2. The lowest BCUT2D eigenvalue weighted by Crippen LogP contribution is -2.37. The number of carbonyl (C=O) groups is 1. The molecule has 0 atom stereocenters. The summed E-state index contributed by atoms with van der Waals surface area (Å²) in [6, 6.07) is 2.21. The quantitative estimate of drug-likeness (QED) is 0.814. The number of alkyl halides is 2. The van der Waals surface area contributed by atoms with Gasteiger partial charge in [0.2, 0.25) is 0 Å². The van der Waals surface area contributed by atoms with E-state index >= 15 is 0 Å². The smallest absolute Gasteiger partial charge is 0.335 e. The average molecular weight is 247 g/mol. The van der Waals surface area contributed by atoms with Crippen LogP contribution < -0.4 is 5.63 Å². The van der Waals surface area contributed by atoms with Gasteiger partial charge in [-0.05, 0) is 6.07 Å². The third-order valence-electron chi connectivity index (χ3n) is 1.96. The molecule has 0 saturated heterocycles. The van der Waals surface area contributed by atoms with Crippen molar-refractivity contribution in [2.24, 2.45) is 0 Å². The van der Waals surface area contributed by atoms with Gasteiger partial charge >= 0.3 is 5.63 Å². The van der Waals surface area contributed by atoms with Crippen molar-refractivity contribution in [3.05, 3.63) is 34.4 Å². The molecule has 1 aromatic rings. The first-order valence-electron chi connectivity index (χ1n) is 4.81. The van der Waals surface area contributed by atoms with Crippen LogP contribution in [0.5, 0.6) is 0 Å². The van der Waals surface area contributed by atoms with E-state index in [9.17, 15) is 18.4 Å².